The van der Waals surface area contributed by atoms with Crippen LogP contribution in [0.25, 0.3) is 0 Å². The zero-order chi connectivity index (χ0) is 19.1. The molecular weight excluding hydrogens is 369 g/mol. The standard InChI is InChI=1S/C20H21ClFN3O2/c1-25-10-14-13(3-2-4-17(14)24-19(26)11-5-6-11)18(25)20(27)23-12-7-8-16(22)15(21)9-12/h7-11,17H,2-6H2,1H3,(H,23,27)(H,24,26). The number of carbonyl (C=O) groups is 2. The van der Waals surface area contributed by atoms with Gasteiger partial charge in [-0.15, -0.1) is 0 Å². The number of aryl methyl sites for hydroxylation is 1. The van der Waals surface area contributed by atoms with Crippen LogP contribution >= 0.6 is 11.6 Å². The highest BCUT2D eigenvalue weighted by Crippen LogP contribution is 2.35. The first-order valence-electron chi connectivity index (χ1n) is 9.19. The molecule has 5 nitrogen and oxygen atoms in total. The predicted molar refractivity (Wildman–Crippen MR) is 101 cm³/mol. The van der Waals surface area contributed by atoms with E-state index < -0.39 is 5.82 Å². The maximum atomic E-state index is 13.3. The van der Waals surface area contributed by atoms with Crippen molar-refractivity contribution in [2.24, 2.45) is 13.0 Å². The minimum absolute atomic E-state index is 0.0374. The Kier molecular flexibility index (Phi) is 4.68. The summed E-state index contributed by atoms with van der Waals surface area (Å²) in [6, 6.07) is 4.05. The molecule has 0 spiro atoms. The summed E-state index contributed by atoms with van der Waals surface area (Å²) in [7, 11) is 1.82. The van der Waals surface area contributed by atoms with Crippen LogP contribution in [0.1, 0.15) is 53.3 Å². The maximum absolute atomic E-state index is 13.3. The molecule has 2 N–H and O–H groups in total. The lowest BCUT2D eigenvalue weighted by molar-refractivity contribution is -0.123. The highest BCUT2D eigenvalue weighted by molar-refractivity contribution is 6.31. The molecule has 1 heterocycles. The molecule has 0 radical (unpaired) electrons. The number of carbonyl (C=O) groups excluding carboxylic acids is 2. The Morgan fingerprint density at radius 2 is 2.04 bits per heavy atom. The van der Waals surface area contributed by atoms with Gasteiger partial charge in [0.1, 0.15) is 11.5 Å². The second-order valence-electron chi connectivity index (χ2n) is 7.33. The van der Waals surface area contributed by atoms with Crippen molar-refractivity contribution in [3.8, 4) is 0 Å². The number of halogens is 2. The summed E-state index contributed by atoms with van der Waals surface area (Å²) in [4.78, 5) is 25.0. The van der Waals surface area contributed by atoms with E-state index in [9.17, 15) is 14.0 Å². The number of hydrogen-bond acceptors (Lipinski definition) is 2. The number of aromatic nitrogens is 1. The fraction of sp³-hybridized carbons (Fsp3) is 0.400. The molecule has 1 aromatic heterocycles. The van der Waals surface area contributed by atoms with Crippen molar-refractivity contribution in [2.75, 3.05) is 5.32 Å². The van der Waals surface area contributed by atoms with Crippen molar-refractivity contribution >= 4 is 29.1 Å². The number of anilines is 1. The monoisotopic (exact) mass is 389 g/mol. The third-order valence-corrected chi connectivity index (χ3v) is 5.56. The fourth-order valence-corrected chi connectivity index (χ4v) is 3.93. The largest absolute Gasteiger partial charge is 0.349 e. The van der Waals surface area contributed by atoms with Gasteiger partial charge in [-0.3, -0.25) is 9.59 Å². The van der Waals surface area contributed by atoms with Crippen LogP contribution in [0.15, 0.2) is 24.4 Å². The first-order chi connectivity index (χ1) is 12.9. The Morgan fingerprint density at radius 1 is 1.26 bits per heavy atom. The van der Waals surface area contributed by atoms with Crippen LogP contribution < -0.4 is 10.6 Å². The summed E-state index contributed by atoms with van der Waals surface area (Å²) in [6.45, 7) is 0. The van der Waals surface area contributed by atoms with Crippen LogP contribution in [0.3, 0.4) is 0 Å². The van der Waals surface area contributed by atoms with Crippen molar-refractivity contribution in [1.29, 1.82) is 0 Å². The molecule has 7 heteroatoms. The van der Waals surface area contributed by atoms with E-state index in [1.54, 1.807) is 4.57 Å². The second-order valence-corrected chi connectivity index (χ2v) is 7.74. The third kappa shape index (κ3) is 3.58. The van der Waals surface area contributed by atoms with Gasteiger partial charge in [-0.05, 0) is 61.4 Å². The molecule has 2 aliphatic rings. The summed E-state index contributed by atoms with van der Waals surface area (Å²) in [5.41, 5.74) is 2.99. The van der Waals surface area contributed by atoms with E-state index in [1.807, 2.05) is 13.2 Å². The molecule has 142 valence electrons. The molecule has 1 atom stereocenters. The molecule has 2 amide bonds. The number of amides is 2. The predicted octanol–water partition coefficient (Wildman–Crippen LogP) is 3.97. The molecular formula is C20H21ClFN3O2. The lowest BCUT2D eigenvalue weighted by Crippen LogP contribution is -2.31. The molecule has 1 fully saturated rings. The van der Waals surface area contributed by atoms with Crippen LogP contribution in [-0.2, 0) is 18.3 Å². The van der Waals surface area contributed by atoms with E-state index in [0.29, 0.717) is 11.4 Å². The fourth-order valence-electron chi connectivity index (χ4n) is 3.75. The molecule has 0 bridgehead atoms. The average Bonchev–Trinajstić information content (AvgIpc) is 3.41. The first kappa shape index (κ1) is 18.0. The lowest BCUT2D eigenvalue weighted by atomic mass is 9.89. The zero-order valence-electron chi connectivity index (χ0n) is 15.0. The zero-order valence-corrected chi connectivity index (χ0v) is 15.8. The van der Waals surface area contributed by atoms with Gasteiger partial charge in [-0.1, -0.05) is 11.6 Å². The van der Waals surface area contributed by atoms with Crippen LogP contribution in [0.2, 0.25) is 5.02 Å². The number of nitrogens with zero attached hydrogens (tertiary/aromatic N) is 1. The molecule has 1 aromatic carbocycles. The van der Waals surface area contributed by atoms with Gasteiger partial charge in [0.25, 0.3) is 5.91 Å². The van der Waals surface area contributed by atoms with Crippen molar-refractivity contribution < 1.29 is 14.0 Å². The molecule has 1 unspecified atom stereocenters. The lowest BCUT2D eigenvalue weighted by Gasteiger charge is -2.24. The summed E-state index contributed by atoms with van der Waals surface area (Å²) in [5, 5.41) is 5.89. The first-order valence-corrected chi connectivity index (χ1v) is 9.56. The summed E-state index contributed by atoms with van der Waals surface area (Å²) >= 11 is 5.80. The Balaban J connectivity index is 1.58. The number of benzene rings is 1. The number of hydrogen-bond donors (Lipinski definition) is 2. The quantitative estimate of drug-likeness (QED) is 0.830. The van der Waals surface area contributed by atoms with Crippen LogP contribution in [0, 0.1) is 11.7 Å². The molecule has 4 rings (SSSR count). The van der Waals surface area contributed by atoms with Crippen LogP contribution in [0.4, 0.5) is 10.1 Å². The van der Waals surface area contributed by atoms with Crippen molar-refractivity contribution in [3.05, 3.63) is 52.1 Å². The van der Waals surface area contributed by atoms with E-state index in [0.717, 1.165) is 43.2 Å². The van der Waals surface area contributed by atoms with Gasteiger partial charge in [0, 0.05) is 24.8 Å². The van der Waals surface area contributed by atoms with Gasteiger partial charge in [0.15, 0.2) is 0 Å². The van der Waals surface area contributed by atoms with Crippen molar-refractivity contribution in [2.45, 2.75) is 38.1 Å². The van der Waals surface area contributed by atoms with Gasteiger partial charge in [0.05, 0.1) is 11.1 Å². The van der Waals surface area contributed by atoms with Crippen molar-refractivity contribution in [3.63, 3.8) is 0 Å². The molecule has 1 saturated carbocycles. The Bertz CT molecular complexity index is 920. The smallest absolute Gasteiger partial charge is 0.272 e. The summed E-state index contributed by atoms with van der Waals surface area (Å²) in [6.07, 6.45) is 6.44. The highest BCUT2D eigenvalue weighted by atomic mass is 35.5. The van der Waals surface area contributed by atoms with E-state index in [-0.39, 0.29) is 28.8 Å². The van der Waals surface area contributed by atoms with E-state index in [1.165, 1.54) is 18.2 Å². The molecule has 0 aliphatic heterocycles. The molecule has 27 heavy (non-hydrogen) atoms. The van der Waals surface area contributed by atoms with E-state index in [2.05, 4.69) is 10.6 Å². The number of nitrogens with one attached hydrogen (secondary N) is 2. The van der Waals surface area contributed by atoms with Crippen LogP contribution in [0.5, 0.6) is 0 Å². The minimum Gasteiger partial charge on any atom is -0.349 e. The maximum Gasteiger partial charge on any atom is 0.272 e. The number of fused-ring (bicyclic) bond motifs is 1. The van der Waals surface area contributed by atoms with Gasteiger partial charge >= 0.3 is 0 Å². The topological polar surface area (TPSA) is 63.1 Å². The summed E-state index contributed by atoms with van der Waals surface area (Å²) < 4.78 is 15.1. The summed E-state index contributed by atoms with van der Waals surface area (Å²) in [5.74, 6) is -0.524. The Labute approximate surface area is 161 Å². The van der Waals surface area contributed by atoms with Gasteiger partial charge in [0.2, 0.25) is 5.91 Å². The van der Waals surface area contributed by atoms with Crippen molar-refractivity contribution in [1.82, 2.24) is 9.88 Å². The third-order valence-electron chi connectivity index (χ3n) is 5.27. The van der Waals surface area contributed by atoms with Gasteiger partial charge in [-0.2, -0.15) is 0 Å². The molecule has 0 saturated heterocycles. The molecule has 2 aromatic rings. The Hall–Kier alpha value is -2.34. The van der Waals surface area contributed by atoms with Gasteiger partial charge in [-0.25, -0.2) is 4.39 Å². The Morgan fingerprint density at radius 3 is 2.74 bits per heavy atom. The van der Waals surface area contributed by atoms with E-state index in [4.69, 9.17) is 11.6 Å². The molecule has 2 aliphatic carbocycles. The van der Waals surface area contributed by atoms with Gasteiger partial charge < -0.3 is 15.2 Å². The minimum atomic E-state index is -0.528. The second kappa shape index (κ2) is 7.00. The van der Waals surface area contributed by atoms with Crippen LogP contribution in [-0.4, -0.2) is 16.4 Å². The van der Waals surface area contributed by atoms with E-state index >= 15 is 0 Å². The highest BCUT2D eigenvalue weighted by Gasteiger charge is 2.34. The average molecular weight is 390 g/mol. The SMILES string of the molecule is Cn1cc2c(c1C(=O)Nc1ccc(F)c(Cl)c1)CCCC2NC(=O)C1CC1. The number of rotatable bonds is 4. The normalized spacial score (nSPS) is 18.7.